The highest BCUT2D eigenvalue weighted by molar-refractivity contribution is 5.97. The molecule has 4 nitrogen and oxygen atoms in total. The van der Waals surface area contributed by atoms with Crippen molar-refractivity contribution >= 4 is 17.5 Å². The van der Waals surface area contributed by atoms with Gasteiger partial charge in [-0.15, -0.1) is 0 Å². The normalized spacial score (nSPS) is 10.0. The van der Waals surface area contributed by atoms with Crippen molar-refractivity contribution in [2.75, 3.05) is 5.32 Å². The predicted molar refractivity (Wildman–Crippen MR) is 83.1 cm³/mol. The first-order valence-corrected chi connectivity index (χ1v) is 6.76. The lowest BCUT2D eigenvalue weighted by Crippen LogP contribution is -2.23. The summed E-state index contributed by atoms with van der Waals surface area (Å²) in [5.74, 6) is -0.314. The van der Waals surface area contributed by atoms with Gasteiger partial charge in [-0.05, 0) is 30.2 Å². The average molecular weight is 282 g/mol. The first-order valence-electron chi connectivity index (χ1n) is 6.76. The molecule has 4 heteroatoms. The molecule has 0 radical (unpaired) electrons. The minimum absolute atomic E-state index is 0.153. The summed E-state index contributed by atoms with van der Waals surface area (Å²) in [5.41, 5.74) is 3.15. The molecular weight excluding hydrogens is 264 g/mol. The number of hydrogen-bond donors (Lipinski definition) is 2. The average Bonchev–Trinajstić information content (AvgIpc) is 2.47. The summed E-state index contributed by atoms with van der Waals surface area (Å²) in [6, 6.07) is 15.0. The second kappa shape index (κ2) is 6.70. The van der Waals surface area contributed by atoms with Crippen LogP contribution in [0.1, 0.15) is 28.4 Å². The van der Waals surface area contributed by atoms with Crippen LogP contribution in [0.2, 0.25) is 0 Å². The van der Waals surface area contributed by atoms with Crippen molar-refractivity contribution in [2.24, 2.45) is 0 Å². The largest absolute Gasteiger partial charge is 0.348 e. The highest BCUT2D eigenvalue weighted by atomic mass is 16.2. The molecule has 0 spiro atoms. The summed E-state index contributed by atoms with van der Waals surface area (Å²) >= 11 is 0. The molecule has 2 aromatic carbocycles. The Morgan fingerprint density at radius 2 is 1.76 bits per heavy atom. The Morgan fingerprint density at radius 1 is 1.05 bits per heavy atom. The molecule has 0 heterocycles. The standard InChI is InChI=1S/C17H18N2O2/c1-12-8-9-15(10-16(12)19-13(2)20)17(21)18-11-14-6-4-3-5-7-14/h3-10H,11H2,1-2H3,(H,18,21)(H,19,20). The first kappa shape index (κ1) is 14.8. The van der Waals surface area contributed by atoms with Gasteiger partial charge < -0.3 is 10.6 Å². The fourth-order valence-corrected chi connectivity index (χ4v) is 1.97. The monoisotopic (exact) mass is 282 g/mol. The van der Waals surface area contributed by atoms with Gasteiger partial charge in [0.2, 0.25) is 5.91 Å². The summed E-state index contributed by atoms with van der Waals surface area (Å²) < 4.78 is 0. The van der Waals surface area contributed by atoms with E-state index in [-0.39, 0.29) is 11.8 Å². The van der Waals surface area contributed by atoms with Crippen molar-refractivity contribution in [3.63, 3.8) is 0 Å². The second-order valence-corrected chi connectivity index (χ2v) is 4.88. The Kier molecular flexibility index (Phi) is 4.72. The predicted octanol–water partition coefficient (Wildman–Crippen LogP) is 2.88. The summed E-state index contributed by atoms with van der Waals surface area (Å²) in [5, 5.41) is 5.59. The van der Waals surface area contributed by atoms with Gasteiger partial charge in [0, 0.05) is 24.7 Å². The van der Waals surface area contributed by atoms with Crippen LogP contribution in [0.15, 0.2) is 48.5 Å². The van der Waals surface area contributed by atoms with Gasteiger partial charge in [0.05, 0.1) is 0 Å². The zero-order chi connectivity index (χ0) is 15.2. The molecule has 2 aromatic rings. The van der Waals surface area contributed by atoms with Crippen molar-refractivity contribution in [1.29, 1.82) is 0 Å². The van der Waals surface area contributed by atoms with Gasteiger partial charge >= 0.3 is 0 Å². The topological polar surface area (TPSA) is 58.2 Å². The first-order chi connectivity index (χ1) is 10.1. The van der Waals surface area contributed by atoms with Crippen LogP contribution in [-0.2, 0) is 11.3 Å². The fourth-order valence-electron chi connectivity index (χ4n) is 1.97. The van der Waals surface area contributed by atoms with Crippen LogP contribution in [-0.4, -0.2) is 11.8 Å². The van der Waals surface area contributed by atoms with Gasteiger partial charge in [0.25, 0.3) is 5.91 Å². The number of carbonyl (C=O) groups is 2. The smallest absolute Gasteiger partial charge is 0.251 e. The maximum atomic E-state index is 12.1. The van der Waals surface area contributed by atoms with E-state index in [1.807, 2.05) is 43.3 Å². The maximum Gasteiger partial charge on any atom is 0.251 e. The van der Waals surface area contributed by atoms with Crippen LogP contribution >= 0.6 is 0 Å². The number of benzene rings is 2. The Labute approximate surface area is 124 Å². The van der Waals surface area contributed by atoms with Gasteiger partial charge in [-0.1, -0.05) is 36.4 Å². The molecule has 0 fully saturated rings. The summed E-state index contributed by atoms with van der Waals surface area (Å²) in [4.78, 5) is 23.3. The van der Waals surface area contributed by atoms with Crippen LogP contribution in [0, 0.1) is 6.92 Å². The molecule has 0 aliphatic heterocycles. The zero-order valence-corrected chi connectivity index (χ0v) is 12.1. The van der Waals surface area contributed by atoms with Crippen LogP contribution in [0.4, 0.5) is 5.69 Å². The van der Waals surface area contributed by atoms with E-state index in [9.17, 15) is 9.59 Å². The summed E-state index contributed by atoms with van der Waals surface area (Å²) in [6.45, 7) is 3.81. The van der Waals surface area contributed by atoms with Gasteiger partial charge in [-0.2, -0.15) is 0 Å². The van der Waals surface area contributed by atoms with E-state index in [1.165, 1.54) is 6.92 Å². The third-order valence-electron chi connectivity index (χ3n) is 3.11. The van der Waals surface area contributed by atoms with Crippen molar-refractivity contribution in [1.82, 2.24) is 5.32 Å². The Bertz CT molecular complexity index is 651. The van der Waals surface area contributed by atoms with Crippen molar-refractivity contribution in [3.05, 3.63) is 65.2 Å². The number of nitrogens with one attached hydrogen (secondary N) is 2. The number of amides is 2. The highest BCUT2D eigenvalue weighted by Crippen LogP contribution is 2.17. The minimum Gasteiger partial charge on any atom is -0.348 e. The van der Waals surface area contributed by atoms with Gasteiger partial charge in [0.15, 0.2) is 0 Å². The van der Waals surface area contributed by atoms with Crippen LogP contribution < -0.4 is 10.6 Å². The molecule has 2 amide bonds. The van der Waals surface area contributed by atoms with E-state index < -0.39 is 0 Å². The SMILES string of the molecule is CC(=O)Nc1cc(C(=O)NCc2ccccc2)ccc1C. The lowest BCUT2D eigenvalue weighted by Gasteiger charge is -2.10. The van der Waals surface area contributed by atoms with Crippen LogP contribution in [0.25, 0.3) is 0 Å². The number of anilines is 1. The molecule has 0 unspecified atom stereocenters. The molecule has 0 saturated heterocycles. The molecule has 0 bridgehead atoms. The Morgan fingerprint density at radius 3 is 2.43 bits per heavy atom. The molecule has 0 aliphatic rings. The van der Waals surface area contributed by atoms with Crippen LogP contribution in [0.3, 0.4) is 0 Å². The maximum absolute atomic E-state index is 12.1. The van der Waals surface area contributed by atoms with E-state index in [4.69, 9.17) is 0 Å². The molecule has 108 valence electrons. The molecule has 0 atom stereocenters. The van der Waals surface area contributed by atoms with E-state index in [2.05, 4.69) is 10.6 Å². The van der Waals surface area contributed by atoms with Gasteiger partial charge in [-0.25, -0.2) is 0 Å². The minimum atomic E-state index is -0.162. The fraction of sp³-hybridized carbons (Fsp3) is 0.176. The molecule has 0 aromatic heterocycles. The zero-order valence-electron chi connectivity index (χ0n) is 12.1. The van der Waals surface area contributed by atoms with Gasteiger partial charge in [-0.3, -0.25) is 9.59 Å². The number of rotatable bonds is 4. The quantitative estimate of drug-likeness (QED) is 0.906. The molecule has 0 saturated carbocycles. The highest BCUT2D eigenvalue weighted by Gasteiger charge is 2.08. The molecular formula is C17H18N2O2. The lowest BCUT2D eigenvalue weighted by molar-refractivity contribution is -0.114. The van der Waals surface area contributed by atoms with Crippen molar-refractivity contribution in [3.8, 4) is 0 Å². The molecule has 21 heavy (non-hydrogen) atoms. The number of hydrogen-bond acceptors (Lipinski definition) is 2. The Hall–Kier alpha value is -2.62. The van der Waals surface area contributed by atoms with E-state index in [0.717, 1.165) is 11.1 Å². The van der Waals surface area contributed by atoms with Crippen molar-refractivity contribution in [2.45, 2.75) is 20.4 Å². The summed E-state index contributed by atoms with van der Waals surface area (Å²) in [6.07, 6.45) is 0. The second-order valence-electron chi connectivity index (χ2n) is 4.88. The molecule has 2 N–H and O–H groups in total. The lowest BCUT2D eigenvalue weighted by atomic mass is 10.1. The van der Waals surface area contributed by atoms with Crippen LogP contribution in [0.5, 0.6) is 0 Å². The van der Waals surface area contributed by atoms with Crippen molar-refractivity contribution < 1.29 is 9.59 Å². The van der Waals surface area contributed by atoms with E-state index >= 15 is 0 Å². The van der Waals surface area contributed by atoms with Gasteiger partial charge in [0.1, 0.15) is 0 Å². The van der Waals surface area contributed by atoms with E-state index in [0.29, 0.717) is 17.8 Å². The number of carbonyl (C=O) groups excluding carboxylic acids is 2. The van der Waals surface area contributed by atoms with E-state index in [1.54, 1.807) is 12.1 Å². The Balaban J connectivity index is 2.07. The number of aryl methyl sites for hydroxylation is 1. The third-order valence-corrected chi connectivity index (χ3v) is 3.11. The summed E-state index contributed by atoms with van der Waals surface area (Å²) in [7, 11) is 0. The third kappa shape index (κ3) is 4.18. The molecule has 0 aliphatic carbocycles. The molecule has 2 rings (SSSR count).